The van der Waals surface area contributed by atoms with Crippen LogP contribution in [0, 0.1) is 59.2 Å². The molecule has 0 heterocycles. The summed E-state index contributed by atoms with van der Waals surface area (Å²) in [5.74, 6) is 9.35. The van der Waals surface area contributed by atoms with Crippen LogP contribution in [-0.4, -0.2) is 0 Å². The maximum atomic E-state index is 4.93. The molecule has 0 saturated heterocycles. The Labute approximate surface area is 163 Å². The molecule has 0 atom stereocenters. The van der Waals surface area contributed by atoms with E-state index in [-0.39, 0.29) is 0 Å². The van der Waals surface area contributed by atoms with E-state index in [4.69, 9.17) is 18.8 Å². The van der Waals surface area contributed by atoms with Gasteiger partial charge in [-0.25, -0.2) is 0 Å². The third-order valence-corrected chi connectivity index (χ3v) is 8.29. The summed E-state index contributed by atoms with van der Waals surface area (Å²) in [6.07, 6.45) is 0. The van der Waals surface area contributed by atoms with Gasteiger partial charge in [-0.3, -0.25) is 0 Å². The normalized spacial score (nSPS) is 49.0. The molecule has 23 heavy (non-hydrogen) atoms. The minimum absolute atomic E-state index is 0.806. The predicted octanol–water partition coefficient (Wildman–Crippen LogP) is 7.74. The monoisotopic (exact) mass is 534 g/mol. The van der Waals surface area contributed by atoms with Gasteiger partial charge in [0.2, 0.25) is 0 Å². The van der Waals surface area contributed by atoms with E-state index in [1.807, 2.05) is 0 Å². The van der Waals surface area contributed by atoms with Crippen molar-refractivity contribution in [3.63, 3.8) is 0 Å². The third kappa shape index (κ3) is 6.18. The summed E-state index contributed by atoms with van der Waals surface area (Å²) in [7, 11) is 9.86. The Morgan fingerprint density at radius 3 is 0.435 bits per heavy atom. The molecule has 2 saturated carbocycles. The van der Waals surface area contributed by atoms with E-state index in [9.17, 15) is 0 Å². The van der Waals surface area contributed by atoms with Gasteiger partial charge in [0.25, 0.3) is 0 Å². The second-order valence-corrected chi connectivity index (χ2v) is 12.9. The van der Waals surface area contributed by atoms with Crippen LogP contribution < -0.4 is 0 Å². The zero-order chi connectivity index (χ0) is 18.5. The van der Waals surface area contributed by atoms with Gasteiger partial charge in [-0.15, -0.1) is 0 Å². The maximum absolute atomic E-state index is 4.93. The molecule has 2 rings (SSSR count). The third-order valence-electron chi connectivity index (χ3n) is 8.29. The summed E-state index contributed by atoms with van der Waals surface area (Å²) in [5.41, 5.74) is 0. The Kier molecular flexibility index (Phi) is 11.7. The molecule has 140 valence electrons. The van der Waals surface area contributed by atoms with Gasteiger partial charge in [-0.1, -0.05) is 69.2 Å². The van der Waals surface area contributed by atoms with Crippen LogP contribution in [0.3, 0.4) is 0 Å². The molecule has 0 amide bonds. The number of hydrogen-bond acceptors (Lipinski definition) is 0. The summed E-state index contributed by atoms with van der Waals surface area (Å²) >= 11 is -0.806. The van der Waals surface area contributed by atoms with Crippen LogP contribution in [0.5, 0.6) is 0 Å². The van der Waals surface area contributed by atoms with Crippen molar-refractivity contribution in [2.24, 2.45) is 59.2 Å². The summed E-state index contributed by atoms with van der Waals surface area (Å²) in [5, 5.41) is 0. The first kappa shape index (κ1) is 24.3. The van der Waals surface area contributed by atoms with Gasteiger partial charge in [0.15, 0.2) is 0 Å². The molecule has 3 heteroatoms. The summed E-state index contributed by atoms with van der Waals surface area (Å²) in [6, 6.07) is 0. The molecule has 2 aliphatic rings. The van der Waals surface area contributed by atoms with Crippen molar-refractivity contribution in [2.75, 3.05) is 0 Å². The van der Waals surface area contributed by atoms with Crippen LogP contribution in [0.15, 0.2) is 0 Å². The first-order chi connectivity index (χ1) is 10.5. The molecule has 0 aliphatic heterocycles. The summed E-state index contributed by atoms with van der Waals surface area (Å²) < 4.78 is 0. The quantitative estimate of drug-likeness (QED) is 0.298. The Bertz CT molecular complexity index is 203. The van der Waals surface area contributed by atoms with Crippen molar-refractivity contribution in [2.45, 2.75) is 69.2 Å². The topological polar surface area (TPSA) is 0 Å². The average Bonchev–Trinajstić information content (AvgIpc) is 2.80. The molecular weight excluding hydrogens is 495 g/mol. The summed E-state index contributed by atoms with van der Waals surface area (Å²) in [6.45, 7) is 24.0. The molecule has 0 aromatic heterocycles. The molecule has 0 N–H and O–H groups in total. The average molecular weight is 535 g/mol. The van der Waals surface area contributed by atoms with Gasteiger partial charge in [0.1, 0.15) is 0 Å². The SMILES string of the molecule is CC1C(C)C(C)C(C)C1C.CC1C(C)C(C)C(C)C1C.[Cl][W][Cl]. The molecule has 0 nitrogen and oxygen atoms in total. The number of hydrogen-bond donors (Lipinski definition) is 0. The van der Waals surface area contributed by atoms with Gasteiger partial charge in [0, 0.05) is 0 Å². The molecule has 0 spiro atoms. The van der Waals surface area contributed by atoms with Crippen LogP contribution >= 0.6 is 18.8 Å². The Morgan fingerprint density at radius 1 is 0.348 bits per heavy atom. The second kappa shape index (κ2) is 11.1. The van der Waals surface area contributed by atoms with Gasteiger partial charge >= 0.3 is 35.3 Å². The summed E-state index contributed by atoms with van der Waals surface area (Å²) in [4.78, 5) is 0. The van der Waals surface area contributed by atoms with Crippen molar-refractivity contribution in [3.05, 3.63) is 0 Å². The first-order valence-corrected chi connectivity index (χ1v) is 16.7. The fourth-order valence-electron chi connectivity index (χ4n) is 4.79. The van der Waals surface area contributed by atoms with E-state index in [0.29, 0.717) is 0 Å². The van der Waals surface area contributed by atoms with Gasteiger partial charge in [-0.2, -0.15) is 0 Å². The van der Waals surface area contributed by atoms with E-state index in [2.05, 4.69) is 69.2 Å². The number of halogens is 2. The van der Waals surface area contributed by atoms with Crippen LogP contribution in [0.4, 0.5) is 0 Å². The molecule has 0 aromatic carbocycles. The van der Waals surface area contributed by atoms with E-state index in [1.165, 1.54) is 0 Å². The van der Waals surface area contributed by atoms with Crippen molar-refractivity contribution in [1.29, 1.82) is 0 Å². The van der Waals surface area contributed by atoms with E-state index >= 15 is 0 Å². The van der Waals surface area contributed by atoms with Gasteiger partial charge < -0.3 is 0 Å². The van der Waals surface area contributed by atoms with Gasteiger partial charge in [0.05, 0.1) is 0 Å². The predicted molar refractivity (Wildman–Crippen MR) is 103 cm³/mol. The molecule has 0 radical (unpaired) electrons. The zero-order valence-corrected chi connectivity index (χ0v) is 21.4. The van der Waals surface area contributed by atoms with E-state index in [1.54, 1.807) is 0 Å². The molecule has 0 bridgehead atoms. The molecule has 0 unspecified atom stereocenters. The molecular formula is C20H40Cl2W. The van der Waals surface area contributed by atoms with Crippen molar-refractivity contribution in [1.82, 2.24) is 0 Å². The van der Waals surface area contributed by atoms with Crippen LogP contribution in [0.25, 0.3) is 0 Å². The van der Waals surface area contributed by atoms with Gasteiger partial charge in [-0.05, 0) is 59.2 Å². The molecule has 2 aliphatic carbocycles. The van der Waals surface area contributed by atoms with E-state index < -0.39 is 16.5 Å². The standard InChI is InChI=1S/2C10H20.2ClH.W/c2*1-6-7(2)9(4)10(5)8(6)3;;;/h2*6-10H,1-5H3;2*1H;/q;;;;+2/p-2. The van der Waals surface area contributed by atoms with Crippen LogP contribution in [-0.2, 0) is 16.5 Å². The minimum atomic E-state index is -0.806. The van der Waals surface area contributed by atoms with E-state index in [0.717, 1.165) is 59.2 Å². The van der Waals surface area contributed by atoms with Crippen LogP contribution in [0.2, 0.25) is 0 Å². The second-order valence-electron chi connectivity index (χ2n) is 8.65. The van der Waals surface area contributed by atoms with Crippen molar-refractivity contribution in [3.8, 4) is 0 Å². The fourth-order valence-corrected chi connectivity index (χ4v) is 4.79. The Morgan fingerprint density at radius 2 is 0.391 bits per heavy atom. The van der Waals surface area contributed by atoms with Crippen molar-refractivity contribution >= 4 is 18.8 Å². The molecule has 0 aromatic rings. The van der Waals surface area contributed by atoms with Crippen LogP contribution in [0.1, 0.15) is 69.2 Å². The number of rotatable bonds is 0. The zero-order valence-electron chi connectivity index (χ0n) is 16.9. The fraction of sp³-hybridized carbons (Fsp3) is 1.00. The van der Waals surface area contributed by atoms with Crippen molar-refractivity contribution < 1.29 is 16.5 Å². The Hall–Kier alpha value is 1.27. The molecule has 2 fully saturated rings. The Balaban J connectivity index is 0.000000360. The first-order valence-electron chi connectivity index (χ1n) is 9.42.